The Bertz CT molecular complexity index is 4600. The largest absolute Gasteiger partial charge is 0.369 e. The number of halogens is 7. The minimum atomic E-state index is -3.60. The first kappa shape index (κ1) is 73.1. The van der Waals surface area contributed by atoms with Crippen molar-refractivity contribution in [2.75, 3.05) is 92.2 Å². The smallest absolute Gasteiger partial charge is 0.281 e. The number of hydrogen-bond acceptors (Lipinski definition) is 18. The second kappa shape index (κ2) is 31.6. The van der Waals surface area contributed by atoms with E-state index in [1.54, 1.807) is 0 Å². The van der Waals surface area contributed by atoms with Crippen LogP contribution in [0, 0.1) is 5.82 Å². The Morgan fingerprint density at radius 2 is 0.947 bits per heavy atom. The number of H-pyrrole nitrogens is 2. The molecule has 0 saturated carbocycles. The maximum atomic E-state index is 13.9. The molecule has 4 aliphatic rings. The third kappa shape index (κ3) is 17.2. The van der Waals surface area contributed by atoms with Gasteiger partial charge in [-0.2, -0.15) is 51.1 Å². The molecular weight excluding hydrogens is 1410 g/mol. The zero-order valence-electron chi connectivity index (χ0n) is 52.4. The van der Waals surface area contributed by atoms with Crippen LogP contribution in [0.2, 0.25) is 26.2 Å². The molecule has 2 aromatic carbocycles. The third-order valence-corrected chi connectivity index (χ3v) is 22.7. The summed E-state index contributed by atoms with van der Waals surface area (Å²) < 4.78 is 95.9. The molecule has 0 saturated heterocycles. The second-order valence-corrected chi connectivity index (χ2v) is 30.7. The van der Waals surface area contributed by atoms with E-state index in [1.807, 2.05) is 42.7 Å². The van der Waals surface area contributed by atoms with Gasteiger partial charge in [-0.3, -0.25) is 4.98 Å². The number of nitrogens with zero attached hydrogens (tertiary/aromatic N) is 15. The Labute approximate surface area is 581 Å². The number of fused-ring (bicyclic) bond motifs is 6. The summed E-state index contributed by atoms with van der Waals surface area (Å²) >= 11 is 29.3. The molecule has 9 aromatic rings. The van der Waals surface area contributed by atoms with Gasteiger partial charge < -0.3 is 25.9 Å². The quantitative estimate of drug-likeness (QED) is 0.0477. The molecule has 11 heterocycles. The van der Waals surface area contributed by atoms with Crippen LogP contribution >= 0.6 is 70.4 Å². The maximum Gasteiger partial charge on any atom is 0.281 e. The minimum Gasteiger partial charge on any atom is -0.369 e. The van der Waals surface area contributed by atoms with Crippen LogP contribution in [-0.4, -0.2) is 187 Å². The van der Waals surface area contributed by atoms with Gasteiger partial charge >= 0.3 is 0 Å². The molecule has 36 heteroatoms. The fourth-order valence-corrected chi connectivity index (χ4v) is 15.4. The van der Waals surface area contributed by atoms with Crippen LogP contribution in [-0.2, 0) is 95.3 Å². The zero-order chi connectivity index (χ0) is 67.2. The Balaban J connectivity index is 0.000000158. The topological polar surface area (TPSA) is 306 Å². The van der Waals surface area contributed by atoms with E-state index in [4.69, 9.17) is 58.0 Å². The fraction of sp³-hybridized carbons (Fsp3) is 0.373. The highest BCUT2D eigenvalue weighted by molar-refractivity contribution is 7.87. The van der Waals surface area contributed by atoms with Crippen molar-refractivity contribution in [3.63, 3.8) is 0 Å². The van der Waals surface area contributed by atoms with E-state index in [2.05, 4.69) is 89.0 Å². The number of aromatic amines is 2. The van der Waals surface area contributed by atoms with E-state index < -0.39 is 36.4 Å². The predicted molar refractivity (Wildman–Crippen MR) is 370 cm³/mol. The molecule has 0 spiro atoms. The van der Waals surface area contributed by atoms with Crippen LogP contribution in [0.4, 0.5) is 16.0 Å². The molecule has 0 radical (unpaired) electrons. The lowest BCUT2D eigenvalue weighted by atomic mass is 10.1. The molecule has 0 unspecified atom stereocenters. The number of aromatic nitrogens is 11. The Kier molecular flexibility index (Phi) is 24.3. The summed E-state index contributed by atoms with van der Waals surface area (Å²) in [5.74, 6) is 1.13. The Hall–Kier alpha value is -6.17. The molecule has 13 rings (SSSR count). The van der Waals surface area contributed by atoms with Crippen molar-refractivity contribution in [2.45, 2.75) is 64.7 Å². The molecular formula is C59H69Cl6FN20O6S3. The van der Waals surface area contributed by atoms with E-state index in [0.717, 1.165) is 77.5 Å². The zero-order valence-corrected chi connectivity index (χ0v) is 59.4. The molecule has 95 heavy (non-hydrogen) atoms. The van der Waals surface area contributed by atoms with Gasteiger partial charge in [0.2, 0.25) is 15.9 Å². The number of hydrogen-bond donors (Lipinski definition) is 5. The highest BCUT2D eigenvalue weighted by Gasteiger charge is 2.34. The van der Waals surface area contributed by atoms with Crippen molar-refractivity contribution < 1.29 is 29.6 Å². The van der Waals surface area contributed by atoms with Crippen LogP contribution in [0.3, 0.4) is 0 Å². The van der Waals surface area contributed by atoms with Crippen LogP contribution in [0.5, 0.6) is 0 Å². The maximum absolute atomic E-state index is 13.9. The molecule has 4 aliphatic heterocycles. The summed E-state index contributed by atoms with van der Waals surface area (Å²) in [5.41, 5.74) is 11.4. The molecule has 7 aromatic heterocycles. The number of anilines is 2. The average Bonchev–Trinajstić information content (AvgIpc) is 1.68. The van der Waals surface area contributed by atoms with Crippen molar-refractivity contribution in [3.05, 3.63) is 168 Å². The molecule has 5 N–H and O–H groups in total. The van der Waals surface area contributed by atoms with Gasteiger partial charge in [-0.25, -0.2) is 44.3 Å². The standard InChI is InChI=1S/C24H26FN7O2S.C19H23ClN6O2S.C9H12Cl2N4O2S.C7H7Cl2N3.ClH/c1-31(2)35(33,34)32-10-8-20-22(15-32)29-23(17-11-18(25)14-26-12-17)30-24(20)27-9-7-16-13-28-21-6-4-3-5-19(16)21;1-25(2)29(27,28)26-10-8-15-17(12-26)23-19(20)24-18(15)21-9-7-13-11-22-16-6-4-3-5-14(13)16;1-14(2)18(16,17)15-4-3-6-7(5-15)12-9(11)13-8(6)10;8-6-4-1-2-10-3-5(4)11-7(9)12-6;/h3-6,11-14,28H,7-10,15H2,1-2H3,(H,27,29,30);3-6,11,22H,7-10,12H2,1-2H3,(H,21,23,24);3-5H2,1-2H3;10H,1-3H2;1H. The number of benzene rings is 2. The summed E-state index contributed by atoms with van der Waals surface area (Å²) in [6, 6.07) is 17.7. The highest BCUT2D eigenvalue weighted by Crippen LogP contribution is 2.32. The number of nitrogens with one attached hydrogen (secondary N) is 5. The van der Waals surface area contributed by atoms with E-state index in [-0.39, 0.29) is 47.9 Å². The first-order valence-electron chi connectivity index (χ1n) is 29.6. The number of rotatable bonds is 15. The molecule has 508 valence electrons. The SMILES string of the molecule is CN(C)S(=O)(=O)N1CCc2c(Cl)nc(Cl)nc2C1.CN(C)S(=O)(=O)N1CCc2c(nc(-c3cncc(F)c3)nc2NCCc2c[nH]c3ccccc23)C1.CN(C)S(=O)(=O)N1CCc2c(nc(Cl)nc2NCCc2c[nH]c3ccccc23)C1.Cl.Clc1nc(Cl)c2c(n1)CNCC2. The van der Waals surface area contributed by atoms with Crippen molar-refractivity contribution in [1.29, 1.82) is 0 Å². The highest BCUT2D eigenvalue weighted by atomic mass is 35.5. The molecule has 0 amide bonds. The van der Waals surface area contributed by atoms with Gasteiger partial charge in [0.1, 0.15) is 27.8 Å². The molecule has 0 fully saturated rings. The minimum absolute atomic E-state index is 0. The number of para-hydroxylation sites is 2. The molecule has 0 aliphatic carbocycles. The lowest BCUT2D eigenvalue weighted by Crippen LogP contribution is -2.43. The van der Waals surface area contributed by atoms with Gasteiger partial charge in [-0.05, 0) is 109 Å². The van der Waals surface area contributed by atoms with Gasteiger partial charge in [0.05, 0.1) is 48.6 Å². The molecule has 0 bridgehead atoms. The number of pyridine rings is 1. The predicted octanol–water partition coefficient (Wildman–Crippen LogP) is 8.21. The van der Waals surface area contributed by atoms with Gasteiger partial charge in [0, 0.05) is 150 Å². The molecule has 0 atom stereocenters. The van der Waals surface area contributed by atoms with Gasteiger partial charge in [-0.15, -0.1) is 12.4 Å². The van der Waals surface area contributed by atoms with E-state index in [0.29, 0.717) is 102 Å². The normalized spacial score (nSPS) is 15.1. The van der Waals surface area contributed by atoms with Crippen LogP contribution in [0.15, 0.2) is 79.4 Å². The summed E-state index contributed by atoms with van der Waals surface area (Å²) in [4.78, 5) is 44.3. The van der Waals surface area contributed by atoms with Crippen molar-refractivity contribution in [3.8, 4) is 11.4 Å². The van der Waals surface area contributed by atoms with E-state index in [9.17, 15) is 29.6 Å². The third-order valence-electron chi connectivity index (χ3n) is 15.9. The van der Waals surface area contributed by atoms with Crippen LogP contribution in [0.25, 0.3) is 33.2 Å². The first-order valence-corrected chi connectivity index (χ1v) is 35.6. The fourth-order valence-electron chi connectivity index (χ4n) is 10.9. The lowest BCUT2D eigenvalue weighted by Gasteiger charge is -2.30. The van der Waals surface area contributed by atoms with Crippen LogP contribution < -0.4 is 16.0 Å². The van der Waals surface area contributed by atoms with Gasteiger partial charge in [-0.1, -0.05) is 59.6 Å². The molecule has 26 nitrogen and oxygen atoms in total. The van der Waals surface area contributed by atoms with Crippen molar-refractivity contribution >= 4 is 134 Å². The van der Waals surface area contributed by atoms with Crippen molar-refractivity contribution in [2.24, 2.45) is 0 Å². The monoisotopic (exact) mass is 1480 g/mol. The van der Waals surface area contributed by atoms with E-state index in [1.165, 1.54) is 102 Å². The Morgan fingerprint density at radius 1 is 0.526 bits per heavy atom. The van der Waals surface area contributed by atoms with Crippen molar-refractivity contribution in [1.82, 2.24) is 86.0 Å². The van der Waals surface area contributed by atoms with E-state index >= 15 is 0 Å². The average molecular weight is 1480 g/mol. The summed E-state index contributed by atoms with van der Waals surface area (Å²) in [6.07, 6.45) is 10.6. The Morgan fingerprint density at radius 3 is 1.43 bits per heavy atom. The van der Waals surface area contributed by atoms with Gasteiger partial charge in [0.25, 0.3) is 30.6 Å². The van der Waals surface area contributed by atoms with Crippen LogP contribution in [0.1, 0.15) is 56.2 Å². The first-order chi connectivity index (χ1) is 44.8. The second-order valence-electron chi connectivity index (χ2n) is 22.5. The summed E-state index contributed by atoms with van der Waals surface area (Å²) in [7, 11) is -1.50. The summed E-state index contributed by atoms with van der Waals surface area (Å²) in [5, 5.41) is 13.5. The lowest BCUT2D eigenvalue weighted by molar-refractivity contribution is 0.353. The van der Waals surface area contributed by atoms with Gasteiger partial charge in [0.15, 0.2) is 5.82 Å². The summed E-state index contributed by atoms with van der Waals surface area (Å²) in [6.45, 7) is 4.50.